The number of primary amides is 1. The highest BCUT2D eigenvalue weighted by Crippen LogP contribution is 2.16. The Bertz CT molecular complexity index is 838. The molecule has 6 nitrogen and oxygen atoms in total. The summed E-state index contributed by atoms with van der Waals surface area (Å²) in [5.41, 5.74) is 5.85. The van der Waals surface area contributed by atoms with Gasteiger partial charge in [0.25, 0.3) is 5.91 Å². The van der Waals surface area contributed by atoms with Gasteiger partial charge in [0.15, 0.2) is 0 Å². The van der Waals surface area contributed by atoms with Crippen molar-refractivity contribution in [1.82, 2.24) is 5.32 Å². The topological polar surface area (TPSA) is 101 Å². The highest BCUT2D eigenvalue weighted by atomic mass is 19.1. The molecule has 0 aliphatic heterocycles. The molecule has 0 spiro atoms. The second kappa shape index (κ2) is 8.93. The van der Waals surface area contributed by atoms with Crippen LogP contribution in [0.1, 0.15) is 29.8 Å². The maximum Gasteiger partial charge on any atom is 0.251 e. The number of amides is 3. The Kier molecular flexibility index (Phi) is 6.65. The summed E-state index contributed by atoms with van der Waals surface area (Å²) in [5, 5.41) is 5.30. The zero-order valence-corrected chi connectivity index (χ0v) is 15.2. The van der Waals surface area contributed by atoms with E-state index in [1.807, 2.05) is 30.3 Å². The Labute approximate surface area is 156 Å². The molecule has 0 radical (unpaired) electrons. The molecule has 0 saturated heterocycles. The van der Waals surface area contributed by atoms with Crippen molar-refractivity contribution in [2.45, 2.75) is 26.3 Å². The number of nitrogens with one attached hydrogen (secondary N) is 2. The molecule has 7 heteroatoms. The van der Waals surface area contributed by atoms with E-state index in [1.165, 1.54) is 12.1 Å². The van der Waals surface area contributed by atoms with E-state index >= 15 is 0 Å². The molecule has 1 unspecified atom stereocenters. The smallest absolute Gasteiger partial charge is 0.251 e. The Morgan fingerprint density at radius 3 is 2.33 bits per heavy atom. The SMILES string of the molecule is CC(C)C(NC(=O)Cc1ccccc1)C(=O)Nc1ccc(F)c(C(N)=O)c1. The van der Waals surface area contributed by atoms with Crippen molar-refractivity contribution >= 4 is 23.4 Å². The van der Waals surface area contributed by atoms with E-state index < -0.39 is 23.7 Å². The minimum atomic E-state index is -0.930. The molecule has 142 valence electrons. The number of carbonyl (C=O) groups excluding carboxylic acids is 3. The number of nitrogens with two attached hydrogens (primary N) is 1. The molecule has 0 saturated carbocycles. The number of anilines is 1. The summed E-state index contributed by atoms with van der Waals surface area (Å²) in [6, 6.07) is 11.9. The summed E-state index contributed by atoms with van der Waals surface area (Å²) in [7, 11) is 0. The minimum Gasteiger partial charge on any atom is -0.366 e. The summed E-state index contributed by atoms with van der Waals surface area (Å²) in [6.07, 6.45) is 0.152. The fraction of sp³-hybridized carbons (Fsp3) is 0.250. The molecule has 0 aliphatic carbocycles. The van der Waals surface area contributed by atoms with Gasteiger partial charge in [-0.15, -0.1) is 0 Å². The highest BCUT2D eigenvalue weighted by molar-refractivity contribution is 5.99. The molecule has 2 rings (SSSR count). The number of rotatable bonds is 7. The Morgan fingerprint density at radius 1 is 1.07 bits per heavy atom. The highest BCUT2D eigenvalue weighted by Gasteiger charge is 2.24. The van der Waals surface area contributed by atoms with Crippen LogP contribution in [0.15, 0.2) is 48.5 Å². The zero-order valence-electron chi connectivity index (χ0n) is 15.2. The van der Waals surface area contributed by atoms with Gasteiger partial charge >= 0.3 is 0 Å². The summed E-state index contributed by atoms with van der Waals surface area (Å²) in [6.45, 7) is 3.60. The summed E-state index contributed by atoms with van der Waals surface area (Å²) >= 11 is 0. The molecule has 2 aromatic carbocycles. The predicted octanol–water partition coefficient (Wildman–Crippen LogP) is 2.25. The van der Waals surface area contributed by atoms with E-state index in [1.54, 1.807) is 13.8 Å². The van der Waals surface area contributed by atoms with Gasteiger partial charge in [-0.3, -0.25) is 14.4 Å². The third kappa shape index (κ3) is 5.64. The Morgan fingerprint density at radius 2 is 1.74 bits per heavy atom. The Balaban J connectivity index is 2.07. The normalized spacial score (nSPS) is 11.7. The molecule has 4 N–H and O–H groups in total. The fourth-order valence-corrected chi connectivity index (χ4v) is 2.55. The average Bonchev–Trinajstić information content (AvgIpc) is 2.61. The van der Waals surface area contributed by atoms with Crippen LogP contribution in [0.4, 0.5) is 10.1 Å². The Hall–Kier alpha value is -3.22. The van der Waals surface area contributed by atoms with Crippen LogP contribution in [0.25, 0.3) is 0 Å². The molecule has 0 aliphatic rings. The number of benzene rings is 2. The molecule has 0 bridgehead atoms. The van der Waals surface area contributed by atoms with E-state index in [-0.39, 0.29) is 29.5 Å². The van der Waals surface area contributed by atoms with E-state index in [0.29, 0.717) is 0 Å². The van der Waals surface area contributed by atoms with Gasteiger partial charge in [-0.1, -0.05) is 44.2 Å². The lowest BCUT2D eigenvalue weighted by Crippen LogP contribution is -2.47. The zero-order chi connectivity index (χ0) is 20.0. The summed E-state index contributed by atoms with van der Waals surface area (Å²) in [4.78, 5) is 36.1. The van der Waals surface area contributed by atoms with Crippen LogP contribution in [0.2, 0.25) is 0 Å². The van der Waals surface area contributed by atoms with Crippen LogP contribution >= 0.6 is 0 Å². The third-order valence-electron chi connectivity index (χ3n) is 3.97. The molecular formula is C20H22FN3O3. The monoisotopic (exact) mass is 371 g/mol. The maximum atomic E-state index is 13.6. The maximum absolute atomic E-state index is 13.6. The van der Waals surface area contributed by atoms with Crippen molar-refractivity contribution in [1.29, 1.82) is 0 Å². The lowest BCUT2D eigenvalue weighted by molar-refractivity contribution is -0.127. The van der Waals surface area contributed by atoms with E-state index in [4.69, 9.17) is 5.73 Å². The minimum absolute atomic E-state index is 0.152. The van der Waals surface area contributed by atoms with Gasteiger partial charge in [0, 0.05) is 5.69 Å². The number of hydrogen-bond acceptors (Lipinski definition) is 3. The number of carbonyl (C=O) groups is 3. The van der Waals surface area contributed by atoms with Gasteiger partial charge in [0.2, 0.25) is 11.8 Å². The molecule has 27 heavy (non-hydrogen) atoms. The van der Waals surface area contributed by atoms with Crippen molar-refractivity contribution in [3.05, 3.63) is 65.5 Å². The quantitative estimate of drug-likeness (QED) is 0.696. The molecule has 0 aromatic heterocycles. The second-order valence-electron chi connectivity index (χ2n) is 6.50. The first-order valence-corrected chi connectivity index (χ1v) is 8.51. The van der Waals surface area contributed by atoms with Crippen LogP contribution in [0.5, 0.6) is 0 Å². The van der Waals surface area contributed by atoms with Crippen LogP contribution < -0.4 is 16.4 Å². The van der Waals surface area contributed by atoms with Gasteiger partial charge in [0.1, 0.15) is 11.9 Å². The van der Waals surface area contributed by atoms with Crippen LogP contribution in [0, 0.1) is 11.7 Å². The van der Waals surface area contributed by atoms with Gasteiger partial charge in [0.05, 0.1) is 12.0 Å². The molecule has 1 atom stereocenters. The van der Waals surface area contributed by atoms with E-state index in [2.05, 4.69) is 10.6 Å². The largest absolute Gasteiger partial charge is 0.366 e. The van der Waals surface area contributed by atoms with Crippen LogP contribution in [-0.2, 0) is 16.0 Å². The van der Waals surface area contributed by atoms with Gasteiger partial charge < -0.3 is 16.4 Å². The van der Waals surface area contributed by atoms with E-state index in [9.17, 15) is 18.8 Å². The second-order valence-corrected chi connectivity index (χ2v) is 6.50. The van der Waals surface area contributed by atoms with Gasteiger partial charge in [-0.25, -0.2) is 4.39 Å². The first-order chi connectivity index (χ1) is 12.8. The molecular weight excluding hydrogens is 349 g/mol. The third-order valence-corrected chi connectivity index (χ3v) is 3.97. The molecule has 0 heterocycles. The average molecular weight is 371 g/mol. The van der Waals surface area contributed by atoms with Crippen molar-refractivity contribution in [2.24, 2.45) is 11.7 Å². The van der Waals surface area contributed by atoms with Crippen LogP contribution in [-0.4, -0.2) is 23.8 Å². The number of halogens is 1. The van der Waals surface area contributed by atoms with Gasteiger partial charge in [-0.2, -0.15) is 0 Å². The van der Waals surface area contributed by atoms with Crippen LogP contribution in [0.3, 0.4) is 0 Å². The van der Waals surface area contributed by atoms with Crippen molar-refractivity contribution in [2.75, 3.05) is 5.32 Å². The fourth-order valence-electron chi connectivity index (χ4n) is 2.55. The molecule has 0 fully saturated rings. The van der Waals surface area contributed by atoms with Crippen molar-refractivity contribution < 1.29 is 18.8 Å². The van der Waals surface area contributed by atoms with Crippen molar-refractivity contribution in [3.8, 4) is 0 Å². The van der Waals surface area contributed by atoms with E-state index in [0.717, 1.165) is 11.6 Å². The predicted molar refractivity (Wildman–Crippen MR) is 100 cm³/mol. The summed E-state index contributed by atoms with van der Waals surface area (Å²) < 4.78 is 13.6. The lowest BCUT2D eigenvalue weighted by Gasteiger charge is -2.22. The lowest BCUT2D eigenvalue weighted by atomic mass is 10.0. The van der Waals surface area contributed by atoms with Crippen molar-refractivity contribution in [3.63, 3.8) is 0 Å². The first-order valence-electron chi connectivity index (χ1n) is 8.51. The number of hydrogen-bond donors (Lipinski definition) is 3. The molecule has 2 aromatic rings. The standard InChI is InChI=1S/C20H22FN3O3/c1-12(2)18(24-17(25)10-13-6-4-3-5-7-13)20(27)23-14-8-9-16(21)15(11-14)19(22)26/h3-9,11-12,18H,10H2,1-2H3,(H2,22,26)(H,23,27)(H,24,25). The van der Waals surface area contributed by atoms with Gasteiger partial charge in [-0.05, 0) is 29.7 Å². The summed E-state index contributed by atoms with van der Waals surface area (Å²) in [5.74, 6) is -2.63. The first kappa shape index (κ1) is 20.1. The molecule has 3 amide bonds.